The van der Waals surface area contributed by atoms with Crippen molar-refractivity contribution >= 4 is 6.09 Å². The summed E-state index contributed by atoms with van der Waals surface area (Å²) < 4.78 is 5.04. The molecule has 0 bridgehead atoms. The Morgan fingerprint density at radius 1 is 1.35 bits per heavy atom. The van der Waals surface area contributed by atoms with Crippen molar-refractivity contribution in [1.29, 1.82) is 0 Å². The molecule has 3 heteroatoms. The van der Waals surface area contributed by atoms with Gasteiger partial charge in [-0.1, -0.05) is 45.4 Å². The monoisotopic (exact) mass is 239 g/mol. The molecule has 0 aromatic heterocycles. The van der Waals surface area contributed by atoms with E-state index in [4.69, 9.17) is 4.74 Å². The number of amides is 1. The van der Waals surface area contributed by atoms with E-state index >= 15 is 0 Å². The molecule has 2 fully saturated rings. The molecule has 0 N–H and O–H groups in total. The third-order valence-electron chi connectivity index (χ3n) is 4.20. The first-order valence-corrected chi connectivity index (χ1v) is 7.24. The van der Waals surface area contributed by atoms with E-state index in [1.54, 1.807) is 0 Å². The van der Waals surface area contributed by atoms with Crippen LogP contribution in [-0.4, -0.2) is 30.2 Å². The second-order valence-electron chi connectivity index (χ2n) is 5.49. The first-order chi connectivity index (χ1) is 8.31. The normalized spacial score (nSPS) is 29.5. The summed E-state index contributed by atoms with van der Waals surface area (Å²) in [5, 5.41) is 0. The minimum absolute atomic E-state index is 0.0794. The number of rotatable bonds is 5. The highest BCUT2D eigenvalue weighted by molar-refractivity contribution is 5.69. The Labute approximate surface area is 105 Å². The smallest absolute Gasteiger partial charge is 0.410 e. The SMILES string of the molecule is CCCCCC1CCCC(N2CCOC2=O)C1. The Morgan fingerprint density at radius 3 is 2.94 bits per heavy atom. The molecule has 0 aromatic carbocycles. The highest BCUT2D eigenvalue weighted by Crippen LogP contribution is 2.32. The first kappa shape index (κ1) is 12.7. The molecule has 2 atom stereocenters. The zero-order valence-corrected chi connectivity index (χ0v) is 11.0. The second kappa shape index (κ2) is 6.27. The highest BCUT2D eigenvalue weighted by atomic mass is 16.6. The predicted molar refractivity (Wildman–Crippen MR) is 67.9 cm³/mol. The molecule has 1 aliphatic heterocycles. The van der Waals surface area contributed by atoms with E-state index in [-0.39, 0.29) is 6.09 Å². The van der Waals surface area contributed by atoms with Crippen LogP contribution in [-0.2, 0) is 4.74 Å². The third kappa shape index (κ3) is 3.36. The van der Waals surface area contributed by atoms with Gasteiger partial charge in [0, 0.05) is 6.04 Å². The van der Waals surface area contributed by atoms with Gasteiger partial charge in [-0.25, -0.2) is 4.79 Å². The Bertz CT molecular complexity index is 255. The van der Waals surface area contributed by atoms with Gasteiger partial charge in [-0.2, -0.15) is 0 Å². The van der Waals surface area contributed by atoms with E-state index in [0.29, 0.717) is 12.6 Å². The molecule has 2 aliphatic rings. The molecule has 98 valence electrons. The van der Waals surface area contributed by atoms with Crippen molar-refractivity contribution in [2.45, 2.75) is 64.3 Å². The van der Waals surface area contributed by atoms with Crippen molar-refractivity contribution in [2.75, 3.05) is 13.2 Å². The molecule has 1 aliphatic carbocycles. The molecule has 2 rings (SSSR count). The van der Waals surface area contributed by atoms with E-state index < -0.39 is 0 Å². The lowest BCUT2D eigenvalue weighted by atomic mass is 9.82. The van der Waals surface area contributed by atoms with Crippen molar-refractivity contribution in [1.82, 2.24) is 4.90 Å². The summed E-state index contributed by atoms with van der Waals surface area (Å²) in [7, 11) is 0. The molecule has 1 heterocycles. The topological polar surface area (TPSA) is 29.5 Å². The largest absolute Gasteiger partial charge is 0.448 e. The van der Waals surface area contributed by atoms with E-state index in [1.165, 1.54) is 51.4 Å². The van der Waals surface area contributed by atoms with E-state index in [9.17, 15) is 4.79 Å². The molecule has 2 unspecified atom stereocenters. The lowest BCUT2D eigenvalue weighted by Gasteiger charge is -2.34. The van der Waals surface area contributed by atoms with Crippen LogP contribution < -0.4 is 0 Å². The molecule has 17 heavy (non-hydrogen) atoms. The molecule has 1 saturated carbocycles. The second-order valence-corrected chi connectivity index (χ2v) is 5.49. The maximum absolute atomic E-state index is 11.5. The summed E-state index contributed by atoms with van der Waals surface area (Å²) in [4.78, 5) is 13.5. The van der Waals surface area contributed by atoms with Crippen LogP contribution in [0.2, 0.25) is 0 Å². The Hall–Kier alpha value is -0.730. The van der Waals surface area contributed by atoms with Crippen molar-refractivity contribution in [2.24, 2.45) is 5.92 Å². The van der Waals surface area contributed by atoms with Crippen LogP contribution in [0.5, 0.6) is 0 Å². The molecule has 0 aromatic rings. The standard InChI is InChI=1S/C14H25NO2/c1-2-3-4-6-12-7-5-8-13(11-12)15-9-10-17-14(15)16/h12-13H,2-11H2,1H3. The molecule has 0 spiro atoms. The number of hydrogen-bond donors (Lipinski definition) is 0. The summed E-state index contributed by atoms with van der Waals surface area (Å²) in [6.07, 6.45) is 10.3. The van der Waals surface area contributed by atoms with E-state index in [2.05, 4.69) is 6.92 Å². The van der Waals surface area contributed by atoms with Gasteiger partial charge in [0.2, 0.25) is 0 Å². The molecular formula is C14H25NO2. The van der Waals surface area contributed by atoms with Crippen LogP contribution in [0.1, 0.15) is 58.3 Å². The number of hydrogen-bond acceptors (Lipinski definition) is 2. The van der Waals surface area contributed by atoms with Crippen molar-refractivity contribution in [3.05, 3.63) is 0 Å². The summed E-state index contributed by atoms with van der Waals surface area (Å²) in [5.74, 6) is 0.841. The van der Waals surface area contributed by atoms with Crippen LogP contribution in [0.4, 0.5) is 4.79 Å². The fourth-order valence-electron chi connectivity index (χ4n) is 3.23. The number of unbranched alkanes of at least 4 members (excludes halogenated alkanes) is 2. The third-order valence-corrected chi connectivity index (χ3v) is 4.20. The molecule has 0 radical (unpaired) electrons. The average molecular weight is 239 g/mol. The fourth-order valence-corrected chi connectivity index (χ4v) is 3.23. The van der Waals surface area contributed by atoms with Crippen LogP contribution in [0, 0.1) is 5.92 Å². The number of ether oxygens (including phenoxy) is 1. The minimum atomic E-state index is -0.0794. The maximum Gasteiger partial charge on any atom is 0.410 e. The summed E-state index contributed by atoms with van der Waals surface area (Å²) in [6, 6.07) is 0.463. The lowest BCUT2D eigenvalue weighted by molar-refractivity contribution is 0.128. The number of cyclic esters (lactones) is 1. The van der Waals surface area contributed by atoms with Crippen molar-refractivity contribution < 1.29 is 9.53 Å². The van der Waals surface area contributed by atoms with E-state index in [0.717, 1.165) is 12.5 Å². The Kier molecular flexibility index (Phi) is 4.69. The quantitative estimate of drug-likeness (QED) is 0.686. The van der Waals surface area contributed by atoms with Gasteiger partial charge in [0.15, 0.2) is 0 Å². The lowest BCUT2D eigenvalue weighted by Crippen LogP contribution is -2.39. The van der Waals surface area contributed by atoms with Crippen LogP contribution in [0.15, 0.2) is 0 Å². The first-order valence-electron chi connectivity index (χ1n) is 7.24. The van der Waals surface area contributed by atoms with Gasteiger partial charge in [-0.3, -0.25) is 0 Å². The Balaban J connectivity index is 1.78. The summed E-state index contributed by atoms with van der Waals surface area (Å²) in [6.45, 7) is 3.66. The van der Waals surface area contributed by atoms with Gasteiger partial charge >= 0.3 is 6.09 Å². The van der Waals surface area contributed by atoms with Crippen LogP contribution in [0.25, 0.3) is 0 Å². The molecule has 1 saturated heterocycles. The average Bonchev–Trinajstić information content (AvgIpc) is 2.76. The summed E-state index contributed by atoms with van der Waals surface area (Å²) in [5.41, 5.74) is 0. The van der Waals surface area contributed by atoms with Crippen molar-refractivity contribution in [3.8, 4) is 0 Å². The van der Waals surface area contributed by atoms with Gasteiger partial charge in [0.25, 0.3) is 0 Å². The van der Waals surface area contributed by atoms with E-state index in [1.807, 2.05) is 4.90 Å². The van der Waals surface area contributed by atoms with Crippen LogP contribution >= 0.6 is 0 Å². The molecular weight excluding hydrogens is 214 g/mol. The Morgan fingerprint density at radius 2 is 2.24 bits per heavy atom. The highest BCUT2D eigenvalue weighted by Gasteiger charge is 2.33. The minimum Gasteiger partial charge on any atom is -0.448 e. The van der Waals surface area contributed by atoms with Crippen LogP contribution in [0.3, 0.4) is 0 Å². The van der Waals surface area contributed by atoms with Gasteiger partial charge < -0.3 is 9.64 Å². The zero-order valence-electron chi connectivity index (χ0n) is 11.0. The molecule has 1 amide bonds. The van der Waals surface area contributed by atoms with Gasteiger partial charge in [0.05, 0.1) is 6.54 Å². The number of carbonyl (C=O) groups excluding carboxylic acids is 1. The fraction of sp³-hybridized carbons (Fsp3) is 0.929. The maximum atomic E-state index is 11.5. The van der Waals surface area contributed by atoms with Gasteiger partial charge in [-0.05, 0) is 18.8 Å². The molecule has 3 nitrogen and oxygen atoms in total. The van der Waals surface area contributed by atoms with Gasteiger partial charge in [-0.15, -0.1) is 0 Å². The number of carbonyl (C=O) groups is 1. The van der Waals surface area contributed by atoms with Crippen molar-refractivity contribution in [3.63, 3.8) is 0 Å². The number of nitrogens with zero attached hydrogens (tertiary/aromatic N) is 1. The predicted octanol–water partition coefficient (Wildman–Crippen LogP) is 3.58. The zero-order chi connectivity index (χ0) is 12.1. The van der Waals surface area contributed by atoms with Gasteiger partial charge in [0.1, 0.15) is 6.61 Å². The summed E-state index contributed by atoms with van der Waals surface area (Å²) >= 11 is 0.